The third-order valence-corrected chi connectivity index (χ3v) is 6.46. The van der Waals surface area contributed by atoms with Crippen LogP contribution in [0.4, 0.5) is 19.0 Å². The number of aromatic nitrogens is 4. The summed E-state index contributed by atoms with van der Waals surface area (Å²) >= 11 is 12.6. The highest BCUT2D eigenvalue weighted by molar-refractivity contribution is 6.33. The number of hydrogen-bond acceptors (Lipinski definition) is 4. The fraction of sp³-hybridized carbons (Fsp3) is 0.261. The zero-order chi connectivity index (χ0) is 23.2. The van der Waals surface area contributed by atoms with Gasteiger partial charge in [0.05, 0.1) is 10.9 Å². The monoisotopic (exact) mass is 491 g/mol. The van der Waals surface area contributed by atoms with E-state index in [1.807, 2.05) is 39.8 Å². The van der Waals surface area contributed by atoms with Gasteiger partial charge in [0, 0.05) is 29.4 Å². The molecule has 0 saturated carbocycles. The molecule has 3 heterocycles. The van der Waals surface area contributed by atoms with Gasteiger partial charge in [-0.25, -0.2) is 15.0 Å². The molecule has 1 aliphatic heterocycles. The van der Waals surface area contributed by atoms with Crippen LogP contribution in [-0.2, 0) is 0 Å². The zero-order valence-corrected chi connectivity index (χ0v) is 18.7. The number of anilines is 1. The molecular weight excluding hydrogens is 474 g/mol. The minimum Gasteiger partial charge on any atom is -0.355 e. The molecule has 1 aliphatic rings. The smallest absolute Gasteiger partial charge is 0.355 e. The highest BCUT2D eigenvalue weighted by Gasteiger charge is 2.41. The number of imidazole rings is 1. The highest BCUT2D eigenvalue weighted by Crippen LogP contribution is 2.38. The molecule has 4 aromatic rings. The van der Waals surface area contributed by atoms with Crippen LogP contribution >= 0.6 is 23.2 Å². The van der Waals surface area contributed by atoms with Crippen LogP contribution < -0.4 is 4.90 Å². The van der Waals surface area contributed by atoms with Gasteiger partial charge in [-0.2, -0.15) is 13.2 Å². The number of benzene rings is 2. The van der Waals surface area contributed by atoms with E-state index in [2.05, 4.69) is 9.97 Å². The lowest BCUT2D eigenvalue weighted by molar-refractivity contribution is -0.179. The molecule has 0 aliphatic carbocycles. The van der Waals surface area contributed by atoms with Gasteiger partial charge in [-0.3, -0.25) is 4.57 Å². The molecule has 0 unspecified atom stereocenters. The second kappa shape index (κ2) is 8.50. The molecule has 1 fully saturated rings. The fourth-order valence-corrected chi connectivity index (χ4v) is 4.53. The molecule has 0 N–H and O–H groups in total. The SMILES string of the molecule is FC(F)(F)C1CCN(c2ncnc3c2nc(-c2ccccc2Cl)n3-c2ccc(Cl)cc2)CC1. The third-order valence-electron chi connectivity index (χ3n) is 5.88. The van der Waals surface area contributed by atoms with Crippen molar-refractivity contribution in [2.45, 2.75) is 19.0 Å². The summed E-state index contributed by atoms with van der Waals surface area (Å²) in [6.07, 6.45) is -2.73. The van der Waals surface area contributed by atoms with Crippen LogP contribution in [0.2, 0.25) is 10.0 Å². The topological polar surface area (TPSA) is 46.8 Å². The standard InChI is InChI=1S/C23H18Cl2F3N5/c24-15-5-7-16(8-6-15)33-20(17-3-1-2-4-18(17)25)31-19-21(29-13-30-22(19)33)32-11-9-14(10-12-32)23(26,27)28/h1-8,13-14H,9-12H2. The van der Waals surface area contributed by atoms with Gasteiger partial charge in [-0.05, 0) is 49.2 Å². The third kappa shape index (κ3) is 4.13. The van der Waals surface area contributed by atoms with Gasteiger partial charge in [0.25, 0.3) is 0 Å². The average molecular weight is 492 g/mol. The van der Waals surface area contributed by atoms with Gasteiger partial charge in [0.2, 0.25) is 0 Å². The fourth-order valence-electron chi connectivity index (χ4n) is 4.19. The van der Waals surface area contributed by atoms with E-state index in [4.69, 9.17) is 28.2 Å². The molecule has 0 atom stereocenters. The number of hydrogen-bond donors (Lipinski definition) is 0. The molecule has 5 rings (SSSR count). The summed E-state index contributed by atoms with van der Waals surface area (Å²) in [6, 6.07) is 14.6. The average Bonchev–Trinajstić information content (AvgIpc) is 3.19. The summed E-state index contributed by atoms with van der Waals surface area (Å²) in [5, 5.41) is 1.11. The summed E-state index contributed by atoms with van der Waals surface area (Å²) < 4.78 is 41.3. The van der Waals surface area contributed by atoms with Gasteiger partial charge in [-0.15, -0.1) is 0 Å². The minimum absolute atomic E-state index is 0.0181. The molecule has 33 heavy (non-hydrogen) atoms. The van der Waals surface area contributed by atoms with Gasteiger partial charge in [0.1, 0.15) is 12.2 Å². The van der Waals surface area contributed by atoms with Crippen molar-refractivity contribution in [1.29, 1.82) is 0 Å². The van der Waals surface area contributed by atoms with Crippen molar-refractivity contribution >= 4 is 40.2 Å². The Balaban J connectivity index is 1.65. The molecule has 0 bridgehead atoms. The Kier molecular flexibility index (Phi) is 5.66. The van der Waals surface area contributed by atoms with Gasteiger partial charge >= 0.3 is 6.18 Å². The summed E-state index contributed by atoms with van der Waals surface area (Å²) in [5.74, 6) is -0.220. The number of alkyl halides is 3. The quantitative estimate of drug-likeness (QED) is 0.325. The normalized spacial score (nSPS) is 15.4. The van der Waals surface area contributed by atoms with Crippen LogP contribution in [0.15, 0.2) is 54.9 Å². The number of rotatable bonds is 3. The predicted molar refractivity (Wildman–Crippen MR) is 123 cm³/mol. The Morgan fingerprint density at radius 1 is 0.909 bits per heavy atom. The molecule has 2 aromatic heterocycles. The largest absolute Gasteiger partial charge is 0.391 e. The maximum absolute atomic E-state index is 13.1. The van der Waals surface area contributed by atoms with Crippen molar-refractivity contribution in [2.75, 3.05) is 18.0 Å². The van der Waals surface area contributed by atoms with E-state index in [0.29, 0.717) is 38.4 Å². The lowest BCUT2D eigenvalue weighted by Gasteiger charge is -2.33. The first-order valence-corrected chi connectivity index (χ1v) is 11.1. The highest BCUT2D eigenvalue weighted by atomic mass is 35.5. The van der Waals surface area contributed by atoms with Crippen molar-refractivity contribution in [2.24, 2.45) is 5.92 Å². The molecule has 2 aromatic carbocycles. The Hall–Kier alpha value is -2.84. The number of fused-ring (bicyclic) bond motifs is 1. The molecule has 0 amide bonds. The van der Waals surface area contributed by atoms with E-state index in [0.717, 1.165) is 5.69 Å². The van der Waals surface area contributed by atoms with Gasteiger partial charge in [-0.1, -0.05) is 35.3 Å². The Labute approximate surface area is 197 Å². The van der Waals surface area contributed by atoms with Crippen LogP contribution in [0, 0.1) is 5.92 Å². The first-order valence-electron chi connectivity index (χ1n) is 10.4. The van der Waals surface area contributed by atoms with E-state index in [9.17, 15) is 13.2 Å². The molecule has 170 valence electrons. The minimum atomic E-state index is -4.18. The van der Waals surface area contributed by atoms with E-state index >= 15 is 0 Å². The predicted octanol–water partition coefficient (Wildman–Crippen LogP) is 6.57. The summed E-state index contributed by atoms with van der Waals surface area (Å²) in [7, 11) is 0. The summed E-state index contributed by atoms with van der Waals surface area (Å²) in [4.78, 5) is 15.6. The van der Waals surface area contributed by atoms with Crippen LogP contribution in [0.5, 0.6) is 0 Å². The van der Waals surface area contributed by atoms with Crippen LogP contribution in [0.25, 0.3) is 28.2 Å². The lowest BCUT2D eigenvalue weighted by Crippen LogP contribution is -2.39. The second-order valence-corrected chi connectivity index (χ2v) is 8.74. The maximum Gasteiger partial charge on any atom is 0.391 e. The molecule has 10 heteroatoms. The zero-order valence-electron chi connectivity index (χ0n) is 17.2. The Morgan fingerprint density at radius 3 is 2.27 bits per heavy atom. The van der Waals surface area contributed by atoms with Gasteiger partial charge in [0.15, 0.2) is 17.0 Å². The molecule has 0 radical (unpaired) electrons. The number of piperidine rings is 1. The number of nitrogens with zero attached hydrogens (tertiary/aromatic N) is 5. The van der Waals surface area contributed by atoms with Crippen molar-refractivity contribution in [3.63, 3.8) is 0 Å². The first kappa shape index (κ1) is 22.0. The van der Waals surface area contributed by atoms with E-state index in [1.165, 1.54) is 6.33 Å². The molecule has 5 nitrogen and oxygen atoms in total. The van der Waals surface area contributed by atoms with Crippen molar-refractivity contribution < 1.29 is 13.2 Å². The van der Waals surface area contributed by atoms with Crippen molar-refractivity contribution in [3.05, 3.63) is 64.9 Å². The van der Waals surface area contributed by atoms with Crippen LogP contribution in [0.3, 0.4) is 0 Å². The molecular formula is C23H18Cl2F3N5. The Morgan fingerprint density at radius 2 is 1.61 bits per heavy atom. The van der Waals surface area contributed by atoms with Crippen LogP contribution in [-0.4, -0.2) is 38.8 Å². The molecule has 1 saturated heterocycles. The van der Waals surface area contributed by atoms with E-state index in [1.54, 1.807) is 18.2 Å². The van der Waals surface area contributed by atoms with E-state index < -0.39 is 12.1 Å². The number of halogens is 5. The molecule has 0 spiro atoms. The van der Waals surface area contributed by atoms with Crippen molar-refractivity contribution in [1.82, 2.24) is 19.5 Å². The lowest BCUT2D eigenvalue weighted by atomic mass is 9.96. The van der Waals surface area contributed by atoms with Gasteiger partial charge < -0.3 is 4.90 Å². The first-order chi connectivity index (χ1) is 15.8. The maximum atomic E-state index is 13.1. The Bertz CT molecular complexity index is 1300. The van der Waals surface area contributed by atoms with Crippen LogP contribution in [0.1, 0.15) is 12.8 Å². The van der Waals surface area contributed by atoms with E-state index in [-0.39, 0.29) is 25.9 Å². The second-order valence-electron chi connectivity index (χ2n) is 7.90. The summed E-state index contributed by atoms with van der Waals surface area (Å²) in [6.45, 7) is 0.483. The van der Waals surface area contributed by atoms with Crippen molar-refractivity contribution in [3.8, 4) is 17.1 Å². The summed E-state index contributed by atoms with van der Waals surface area (Å²) in [5.41, 5.74) is 2.52.